The third kappa shape index (κ3) is 2.96. The van der Waals surface area contributed by atoms with Gasteiger partial charge in [0.05, 0.1) is 6.61 Å². The number of nitrogens with one attached hydrogen (secondary N) is 1. The van der Waals surface area contributed by atoms with Crippen LogP contribution in [-0.2, 0) is 19.4 Å². The fourth-order valence-electron chi connectivity index (χ4n) is 2.80. The Labute approximate surface area is 120 Å². The Bertz CT molecular complexity index is 592. The summed E-state index contributed by atoms with van der Waals surface area (Å²) in [7, 11) is 0. The summed E-state index contributed by atoms with van der Waals surface area (Å²) >= 11 is 0. The standard InChI is InChI=1S/C18H21NO/c1-2-20-18-8-4-7-17(12-18)19-13-14-9-10-15-5-3-6-16(15)11-14/h4,7-12,19H,2-3,5-6,13H2,1H3. The second-order valence-corrected chi connectivity index (χ2v) is 5.27. The van der Waals surface area contributed by atoms with Crippen molar-refractivity contribution in [3.63, 3.8) is 0 Å². The lowest BCUT2D eigenvalue weighted by Gasteiger charge is -2.10. The molecule has 2 heteroatoms. The molecule has 0 aliphatic heterocycles. The van der Waals surface area contributed by atoms with Gasteiger partial charge in [-0.2, -0.15) is 0 Å². The van der Waals surface area contributed by atoms with E-state index in [4.69, 9.17) is 4.74 Å². The predicted molar refractivity (Wildman–Crippen MR) is 83.4 cm³/mol. The molecule has 104 valence electrons. The number of anilines is 1. The maximum atomic E-state index is 5.52. The number of benzene rings is 2. The second-order valence-electron chi connectivity index (χ2n) is 5.27. The molecule has 0 bridgehead atoms. The molecule has 2 aromatic rings. The van der Waals surface area contributed by atoms with Crippen LogP contribution in [0.1, 0.15) is 30.0 Å². The Balaban J connectivity index is 1.65. The summed E-state index contributed by atoms with van der Waals surface area (Å²) in [6, 6.07) is 15.0. The zero-order chi connectivity index (χ0) is 13.8. The van der Waals surface area contributed by atoms with Gasteiger partial charge in [0.2, 0.25) is 0 Å². The van der Waals surface area contributed by atoms with E-state index in [1.165, 1.54) is 36.0 Å². The summed E-state index contributed by atoms with van der Waals surface area (Å²) in [6.07, 6.45) is 3.80. The summed E-state index contributed by atoms with van der Waals surface area (Å²) in [5, 5.41) is 3.47. The van der Waals surface area contributed by atoms with E-state index in [0.29, 0.717) is 6.61 Å². The fraction of sp³-hybridized carbons (Fsp3) is 0.333. The first-order valence-electron chi connectivity index (χ1n) is 7.42. The van der Waals surface area contributed by atoms with Crippen molar-refractivity contribution < 1.29 is 4.74 Å². The molecule has 0 fully saturated rings. The SMILES string of the molecule is CCOc1cccc(NCc2ccc3c(c2)CCC3)c1. The van der Waals surface area contributed by atoms with E-state index in [9.17, 15) is 0 Å². The first kappa shape index (κ1) is 13.0. The summed E-state index contributed by atoms with van der Waals surface area (Å²) in [4.78, 5) is 0. The lowest BCUT2D eigenvalue weighted by atomic mass is 10.1. The minimum absolute atomic E-state index is 0.703. The first-order chi connectivity index (χ1) is 9.85. The molecule has 0 heterocycles. The van der Waals surface area contributed by atoms with E-state index >= 15 is 0 Å². The van der Waals surface area contributed by atoms with Gasteiger partial charge >= 0.3 is 0 Å². The van der Waals surface area contributed by atoms with Crippen molar-refractivity contribution >= 4 is 5.69 Å². The number of hydrogen-bond acceptors (Lipinski definition) is 2. The van der Waals surface area contributed by atoms with Crippen LogP contribution in [-0.4, -0.2) is 6.61 Å². The summed E-state index contributed by atoms with van der Waals surface area (Å²) < 4.78 is 5.52. The number of aryl methyl sites for hydroxylation is 2. The van der Waals surface area contributed by atoms with Gasteiger partial charge in [-0.1, -0.05) is 24.3 Å². The third-order valence-corrected chi connectivity index (χ3v) is 3.80. The Morgan fingerprint density at radius 3 is 2.85 bits per heavy atom. The fourth-order valence-corrected chi connectivity index (χ4v) is 2.80. The normalized spacial score (nSPS) is 13.1. The summed E-state index contributed by atoms with van der Waals surface area (Å²) in [5.41, 5.74) is 5.53. The minimum Gasteiger partial charge on any atom is -0.494 e. The lowest BCUT2D eigenvalue weighted by Crippen LogP contribution is -2.01. The molecular weight excluding hydrogens is 246 g/mol. The quantitative estimate of drug-likeness (QED) is 0.877. The van der Waals surface area contributed by atoms with Crippen LogP contribution in [0.3, 0.4) is 0 Å². The van der Waals surface area contributed by atoms with Crippen molar-refractivity contribution in [2.45, 2.75) is 32.7 Å². The Morgan fingerprint density at radius 1 is 1.05 bits per heavy atom. The molecule has 0 saturated carbocycles. The zero-order valence-corrected chi connectivity index (χ0v) is 12.0. The summed E-state index contributed by atoms with van der Waals surface area (Å²) in [5.74, 6) is 0.923. The Kier molecular flexibility index (Phi) is 3.91. The Hall–Kier alpha value is -1.96. The smallest absolute Gasteiger partial charge is 0.121 e. The van der Waals surface area contributed by atoms with E-state index in [0.717, 1.165) is 18.0 Å². The predicted octanol–water partition coefficient (Wildman–Crippen LogP) is 4.19. The molecule has 1 aliphatic rings. The van der Waals surface area contributed by atoms with Gasteiger partial charge in [0.1, 0.15) is 5.75 Å². The lowest BCUT2D eigenvalue weighted by molar-refractivity contribution is 0.340. The molecule has 2 nitrogen and oxygen atoms in total. The van der Waals surface area contributed by atoms with Crippen LogP contribution in [0.4, 0.5) is 5.69 Å². The van der Waals surface area contributed by atoms with E-state index < -0.39 is 0 Å². The second kappa shape index (κ2) is 6.00. The first-order valence-corrected chi connectivity index (χ1v) is 7.42. The molecule has 0 amide bonds. The van der Waals surface area contributed by atoms with Crippen LogP contribution in [0.15, 0.2) is 42.5 Å². The van der Waals surface area contributed by atoms with Gasteiger partial charge in [0, 0.05) is 18.3 Å². The molecule has 0 saturated heterocycles. The monoisotopic (exact) mass is 267 g/mol. The van der Waals surface area contributed by atoms with Gasteiger partial charge in [0.15, 0.2) is 0 Å². The zero-order valence-electron chi connectivity index (χ0n) is 12.0. The van der Waals surface area contributed by atoms with Gasteiger partial charge in [-0.15, -0.1) is 0 Å². The van der Waals surface area contributed by atoms with Crippen molar-refractivity contribution in [1.82, 2.24) is 0 Å². The maximum Gasteiger partial charge on any atom is 0.121 e. The molecule has 1 aliphatic carbocycles. The Morgan fingerprint density at radius 2 is 1.95 bits per heavy atom. The van der Waals surface area contributed by atoms with Crippen LogP contribution in [0.2, 0.25) is 0 Å². The van der Waals surface area contributed by atoms with Crippen molar-refractivity contribution in [2.24, 2.45) is 0 Å². The summed E-state index contributed by atoms with van der Waals surface area (Å²) in [6.45, 7) is 3.57. The van der Waals surface area contributed by atoms with E-state index in [2.05, 4.69) is 35.6 Å². The van der Waals surface area contributed by atoms with E-state index in [1.807, 2.05) is 19.1 Å². The van der Waals surface area contributed by atoms with Crippen molar-refractivity contribution in [3.8, 4) is 5.75 Å². The molecular formula is C18H21NO. The highest BCUT2D eigenvalue weighted by molar-refractivity contribution is 5.49. The van der Waals surface area contributed by atoms with Crippen LogP contribution in [0.5, 0.6) is 5.75 Å². The minimum atomic E-state index is 0.703. The number of ether oxygens (including phenoxy) is 1. The average molecular weight is 267 g/mol. The molecule has 0 aromatic heterocycles. The molecule has 2 aromatic carbocycles. The highest BCUT2D eigenvalue weighted by atomic mass is 16.5. The van der Waals surface area contributed by atoms with Gasteiger partial charge in [-0.25, -0.2) is 0 Å². The molecule has 20 heavy (non-hydrogen) atoms. The van der Waals surface area contributed by atoms with Gasteiger partial charge in [0.25, 0.3) is 0 Å². The molecule has 1 N–H and O–H groups in total. The van der Waals surface area contributed by atoms with Gasteiger partial charge in [-0.3, -0.25) is 0 Å². The van der Waals surface area contributed by atoms with Crippen molar-refractivity contribution in [2.75, 3.05) is 11.9 Å². The maximum absolute atomic E-state index is 5.52. The molecule has 3 rings (SSSR count). The molecule has 0 spiro atoms. The van der Waals surface area contributed by atoms with Crippen LogP contribution < -0.4 is 10.1 Å². The number of rotatable bonds is 5. The largest absolute Gasteiger partial charge is 0.494 e. The van der Waals surface area contributed by atoms with E-state index in [-0.39, 0.29) is 0 Å². The van der Waals surface area contributed by atoms with Gasteiger partial charge in [-0.05, 0) is 55.0 Å². The molecule has 0 unspecified atom stereocenters. The molecule has 0 radical (unpaired) electrons. The highest BCUT2D eigenvalue weighted by Crippen LogP contribution is 2.23. The van der Waals surface area contributed by atoms with E-state index in [1.54, 1.807) is 0 Å². The van der Waals surface area contributed by atoms with Crippen LogP contribution >= 0.6 is 0 Å². The number of fused-ring (bicyclic) bond motifs is 1. The van der Waals surface area contributed by atoms with Crippen molar-refractivity contribution in [1.29, 1.82) is 0 Å². The topological polar surface area (TPSA) is 21.3 Å². The molecule has 0 atom stereocenters. The third-order valence-electron chi connectivity index (χ3n) is 3.80. The van der Waals surface area contributed by atoms with Gasteiger partial charge < -0.3 is 10.1 Å². The highest BCUT2D eigenvalue weighted by Gasteiger charge is 2.10. The van der Waals surface area contributed by atoms with Crippen LogP contribution in [0, 0.1) is 0 Å². The van der Waals surface area contributed by atoms with Crippen LogP contribution in [0.25, 0.3) is 0 Å². The average Bonchev–Trinajstić information content (AvgIpc) is 2.93. The number of hydrogen-bond donors (Lipinski definition) is 1. The van der Waals surface area contributed by atoms with Crippen molar-refractivity contribution in [3.05, 3.63) is 59.2 Å².